The third kappa shape index (κ3) is 2.49. The van der Waals surface area contributed by atoms with Crippen molar-refractivity contribution in [3.63, 3.8) is 0 Å². The third-order valence-corrected chi connectivity index (χ3v) is 2.61. The van der Waals surface area contributed by atoms with Crippen LogP contribution in [0.2, 0.25) is 0 Å². The van der Waals surface area contributed by atoms with Crippen molar-refractivity contribution >= 4 is 17.2 Å². The van der Waals surface area contributed by atoms with E-state index < -0.39 is 12.6 Å². The fourth-order valence-corrected chi connectivity index (χ4v) is 1.79. The fraction of sp³-hybridized carbons (Fsp3) is 0.250. The highest BCUT2D eigenvalue weighted by Gasteiger charge is 2.26. The van der Waals surface area contributed by atoms with Crippen LogP contribution in [0.1, 0.15) is 16.8 Å². The summed E-state index contributed by atoms with van der Waals surface area (Å²) in [4.78, 5) is 10.8. The van der Waals surface area contributed by atoms with Crippen LogP contribution in [0.4, 0.5) is 13.2 Å². The number of aldehydes is 1. The van der Waals surface area contributed by atoms with Crippen molar-refractivity contribution in [2.75, 3.05) is 0 Å². The number of alkyl halides is 3. The van der Waals surface area contributed by atoms with Crippen molar-refractivity contribution in [1.82, 2.24) is 4.57 Å². The van der Waals surface area contributed by atoms with E-state index >= 15 is 0 Å². The minimum absolute atomic E-state index is 0.130. The molecule has 0 amide bonds. The molecular weight excluding hydrogens is 231 g/mol. The molecule has 2 rings (SSSR count). The van der Waals surface area contributed by atoms with Gasteiger partial charge in [-0.25, -0.2) is 0 Å². The van der Waals surface area contributed by atoms with Crippen LogP contribution in [0.25, 0.3) is 10.9 Å². The molecule has 0 N–H and O–H groups in total. The van der Waals surface area contributed by atoms with Crippen LogP contribution in [0.15, 0.2) is 30.5 Å². The Morgan fingerprint density at radius 1 is 1.24 bits per heavy atom. The summed E-state index contributed by atoms with van der Waals surface area (Å²) in [5.74, 6) is 0. The summed E-state index contributed by atoms with van der Waals surface area (Å²) in [6.07, 6.45) is -2.76. The van der Waals surface area contributed by atoms with Crippen LogP contribution in [0, 0.1) is 0 Å². The number of rotatable bonds is 3. The molecule has 2 aromatic rings. The van der Waals surface area contributed by atoms with Crippen molar-refractivity contribution < 1.29 is 18.0 Å². The molecule has 17 heavy (non-hydrogen) atoms. The Bertz CT molecular complexity index is 542. The highest BCUT2D eigenvalue weighted by molar-refractivity contribution is 5.97. The quantitative estimate of drug-likeness (QED) is 0.755. The van der Waals surface area contributed by atoms with Gasteiger partial charge < -0.3 is 4.57 Å². The summed E-state index contributed by atoms with van der Waals surface area (Å²) in [7, 11) is 0. The molecule has 0 aliphatic rings. The third-order valence-electron chi connectivity index (χ3n) is 2.61. The molecular formula is C12H10F3NO. The van der Waals surface area contributed by atoms with Gasteiger partial charge in [0.1, 0.15) is 0 Å². The summed E-state index contributed by atoms with van der Waals surface area (Å²) in [6.45, 7) is -0.130. The molecule has 0 aliphatic heterocycles. The number of halogens is 3. The molecule has 0 saturated carbocycles. The van der Waals surface area contributed by atoms with Gasteiger partial charge in [0.05, 0.1) is 6.42 Å². The van der Waals surface area contributed by atoms with E-state index in [0.717, 1.165) is 0 Å². The van der Waals surface area contributed by atoms with Gasteiger partial charge in [-0.15, -0.1) is 0 Å². The molecule has 90 valence electrons. The first-order chi connectivity index (χ1) is 8.01. The number of aryl methyl sites for hydroxylation is 1. The molecule has 0 fully saturated rings. The molecule has 5 heteroatoms. The number of benzene rings is 1. The Balaban J connectivity index is 2.34. The predicted octanol–water partition coefficient (Wildman–Crippen LogP) is 3.41. The molecule has 2 nitrogen and oxygen atoms in total. The maximum atomic E-state index is 12.1. The minimum Gasteiger partial charge on any atom is -0.347 e. The van der Waals surface area contributed by atoms with E-state index in [9.17, 15) is 18.0 Å². The first-order valence-electron chi connectivity index (χ1n) is 5.11. The first kappa shape index (κ1) is 11.7. The topological polar surface area (TPSA) is 22.0 Å². The second-order valence-corrected chi connectivity index (χ2v) is 3.77. The van der Waals surface area contributed by atoms with Gasteiger partial charge in [-0.2, -0.15) is 13.2 Å². The predicted molar refractivity (Wildman–Crippen MR) is 58.0 cm³/mol. The lowest BCUT2D eigenvalue weighted by Crippen LogP contribution is -2.11. The van der Waals surface area contributed by atoms with Gasteiger partial charge in [0.25, 0.3) is 0 Å². The first-order valence-corrected chi connectivity index (χ1v) is 5.11. The summed E-state index contributed by atoms with van der Waals surface area (Å²) < 4.78 is 37.9. The van der Waals surface area contributed by atoms with Crippen LogP contribution in [0.3, 0.4) is 0 Å². The van der Waals surface area contributed by atoms with Crippen LogP contribution >= 0.6 is 0 Å². The number of carbonyl (C=O) groups is 1. The molecule has 0 spiro atoms. The molecule has 0 radical (unpaired) electrons. The van der Waals surface area contributed by atoms with E-state index in [2.05, 4.69) is 0 Å². The highest BCUT2D eigenvalue weighted by Crippen LogP contribution is 2.24. The van der Waals surface area contributed by atoms with Crippen LogP contribution < -0.4 is 0 Å². The molecule has 0 saturated heterocycles. The summed E-state index contributed by atoms with van der Waals surface area (Å²) >= 11 is 0. The Morgan fingerprint density at radius 3 is 2.65 bits per heavy atom. The van der Waals surface area contributed by atoms with E-state index in [1.807, 2.05) is 0 Å². The molecule has 1 heterocycles. The summed E-state index contributed by atoms with van der Waals surface area (Å²) in [5, 5.41) is 0.685. The molecule has 1 aromatic heterocycles. The highest BCUT2D eigenvalue weighted by atomic mass is 19.4. The van der Waals surface area contributed by atoms with Crippen molar-refractivity contribution in [2.45, 2.75) is 19.1 Å². The number of hydrogen-bond donors (Lipinski definition) is 0. The van der Waals surface area contributed by atoms with Crippen LogP contribution in [-0.2, 0) is 6.54 Å². The number of hydrogen-bond acceptors (Lipinski definition) is 1. The Labute approximate surface area is 95.7 Å². The van der Waals surface area contributed by atoms with Crippen LogP contribution in [0.5, 0.6) is 0 Å². The van der Waals surface area contributed by atoms with Gasteiger partial charge in [-0.3, -0.25) is 4.79 Å². The zero-order valence-corrected chi connectivity index (χ0v) is 8.87. The molecule has 0 atom stereocenters. The van der Waals surface area contributed by atoms with Gasteiger partial charge in [0, 0.05) is 29.2 Å². The maximum absolute atomic E-state index is 12.1. The van der Waals surface area contributed by atoms with Gasteiger partial charge >= 0.3 is 6.18 Å². The number of fused-ring (bicyclic) bond motifs is 1. The number of aromatic nitrogens is 1. The van der Waals surface area contributed by atoms with Crippen LogP contribution in [-0.4, -0.2) is 17.0 Å². The lowest BCUT2D eigenvalue weighted by Gasteiger charge is -2.08. The van der Waals surface area contributed by atoms with Gasteiger partial charge in [-0.1, -0.05) is 12.1 Å². The van der Waals surface area contributed by atoms with Crippen molar-refractivity contribution in [2.24, 2.45) is 0 Å². The van der Waals surface area contributed by atoms with Gasteiger partial charge in [-0.05, 0) is 12.1 Å². The summed E-state index contributed by atoms with van der Waals surface area (Å²) in [6, 6.07) is 6.67. The van der Waals surface area contributed by atoms with E-state index in [0.29, 0.717) is 22.8 Å². The lowest BCUT2D eigenvalue weighted by atomic mass is 10.1. The standard InChI is InChI=1S/C12H10F3NO/c13-12(14,15)5-7-16-6-4-10-9(8-17)2-1-3-11(10)16/h1-4,6,8H,5,7H2. The lowest BCUT2D eigenvalue weighted by molar-refractivity contribution is -0.136. The SMILES string of the molecule is O=Cc1cccc2c1ccn2CCC(F)(F)F. The normalized spacial score (nSPS) is 11.9. The fourth-order valence-electron chi connectivity index (χ4n) is 1.79. The van der Waals surface area contributed by atoms with E-state index in [1.54, 1.807) is 30.5 Å². The zero-order valence-electron chi connectivity index (χ0n) is 8.87. The van der Waals surface area contributed by atoms with Crippen molar-refractivity contribution in [3.05, 3.63) is 36.0 Å². The minimum atomic E-state index is -4.17. The molecule has 1 aromatic carbocycles. The monoisotopic (exact) mass is 241 g/mol. The average Bonchev–Trinajstić information content (AvgIpc) is 2.68. The molecule has 0 aliphatic carbocycles. The smallest absolute Gasteiger partial charge is 0.347 e. The largest absolute Gasteiger partial charge is 0.390 e. The van der Waals surface area contributed by atoms with Crippen molar-refractivity contribution in [3.8, 4) is 0 Å². The Kier molecular flexibility index (Phi) is 2.92. The average molecular weight is 241 g/mol. The van der Waals surface area contributed by atoms with E-state index in [4.69, 9.17) is 0 Å². The van der Waals surface area contributed by atoms with Crippen molar-refractivity contribution in [1.29, 1.82) is 0 Å². The molecule has 0 bridgehead atoms. The van der Waals surface area contributed by atoms with Gasteiger partial charge in [0.2, 0.25) is 0 Å². The molecule has 0 unspecified atom stereocenters. The maximum Gasteiger partial charge on any atom is 0.390 e. The number of nitrogens with zero attached hydrogens (tertiary/aromatic N) is 1. The Hall–Kier alpha value is -1.78. The zero-order chi connectivity index (χ0) is 12.5. The second-order valence-electron chi connectivity index (χ2n) is 3.77. The van der Waals surface area contributed by atoms with E-state index in [1.165, 1.54) is 4.57 Å². The second kappa shape index (κ2) is 4.24. The van der Waals surface area contributed by atoms with E-state index in [-0.39, 0.29) is 6.54 Å². The number of carbonyl (C=O) groups excluding carboxylic acids is 1. The summed E-state index contributed by atoms with van der Waals surface area (Å²) in [5.41, 5.74) is 1.15. The van der Waals surface area contributed by atoms with Gasteiger partial charge in [0.15, 0.2) is 6.29 Å². The Morgan fingerprint density at radius 2 is 2.00 bits per heavy atom.